The van der Waals surface area contributed by atoms with Crippen molar-refractivity contribution in [2.24, 2.45) is 28.6 Å². The standard InChI is InChI=1S/C25H30F3N3O2/c26-25(27,28)17-3-1-2-16(8-17)15-30-4-6-31(7-5-30)22(33)14-29-21(32)13-23-11-19-9-18-10-20(12-23)24(18,19)23/h1-3,8,18-20H,4-7,9-15H2,(H,29,32). The van der Waals surface area contributed by atoms with Gasteiger partial charge in [0.1, 0.15) is 0 Å². The molecule has 5 nitrogen and oxygen atoms in total. The Kier molecular flexibility index (Phi) is 4.68. The van der Waals surface area contributed by atoms with Gasteiger partial charge in [0.25, 0.3) is 0 Å². The fourth-order valence-corrected chi connectivity index (χ4v) is 8.38. The summed E-state index contributed by atoms with van der Waals surface area (Å²) in [6, 6.07) is 5.40. The highest BCUT2D eigenvalue weighted by atomic mass is 19.4. The lowest BCUT2D eigenvalue weighted by molar-refractivity contribution is -0.430. The Morgan fingerprint density at radius 2 is 1.73 bits per heavy atom. The van der Waals surface area contributed by atoms with E-state index in [2.05, 4.69) is 10.2 Å². The molecule has 2 unspecified atom stereocenters. The van der Waals surface area contributed by atoms with E-state index in [4.69, 9.17) is 0 Å². The zero-order valence-corrected chi connectivity index (χ0v) is 18.7. The maximum absolute atomic E-state index is 12.9. The molecule has 178 valence electrons. The molecule has 1 aliphatic heterocycles. The van der Waals surface area contributed by atoms with Gasteiger partial charge in [-0.1, -0.05) is 18.2 Å². The Morgan fingerprint density at radius 3 is 2.33 bits per heavy atom. The molecule has 2 amide bonds. The highest BCUT2D eigenvalue weighted by Gasteiger charge is 2.87. The minimum atomic E-state index is -4.34. The lowest BCUT2D eigenvalue weighted by Crippen LogP contribution is -2.85. The smallest absolute Gasteiger partial charge is 0.347 e. The molecular weight excluding hydrogens is 431 g/mol. The van der Waals surface area contributed by atoms with Gasteiger partial charge < -0.3 is 10.2 Å². The molecule has 1 heterocycles. The molecule has 0 bridgehead atoms. The Hall–Kier alpha value is -2.09. The number of nitrogens with one attached hydrogen (secondary N) is 1. The second-order valence-electron chi connectivity index (χ2n) is 11.0. The van der Waals surface area contributed by atoms with E-state index in [0.717, 1.165) is 23.8 Å². The number of rotatable bonds is 6. The molecule has 1 aromatic rings. The van der Waals surface area contributed by atoms with Crippen molar-refractivity contribution in [3.63, 3.8) is 0 Å². The van der Waals surface area contributed by atoms with E-state index in [9.17, 15) is 22.8 Å². The van der Waals surface area contributed by atoms with Crippen LogP contribution < -0.4 is 5.32 Å². The summed E-state index contributed by atoms with van der Waals surface area (Å²) in [6.45, 7) is 2.70. The van der Waals surface area contributed by atoms with Crippen LogP contribution in [0.2, 0.25) is 0 Å². The third-order valence-electron chi connectivity index (χ3n) is 9.68. The van der Waals surface area contributed by atoms with Crippen LogP contribution in [0, 0.1) is 28.6 Å². The third kappa shape index (κ3) is 3.08. The predicted octanol–water partition coefficient (Wildman–Crippen LogP) is 3.29. The number of amides is 2. The minimum Gasteiger partial charge on any atom is -0.347 e. The van der Waals surface area contributed by atoms with E-state index >= 15 is 0 Å². The highest BCUT2D eigenvalue weighted by molar-refractivity contribution is 5.85. The van der Waals surface area contributed by atoms with Gasteiger partial charge in [-0.25, -0.2) is 0 Å². The molecule has 33 heavy (non-hydrogen) atoms. The Morgan fingerprint density at radius 1 is 1.03 bits per heavy atom. The number of carbonyl (C=O) groups excluding carboxylic acids is 2. The van der Waals surface area contributed by atoms with Crippen LogP contribution in [-0.4, -0.2) is 54.3 Å². The van der Waals surface area contributed by atoms with Gasteiger partial charge in [0.05, 0.1) is 12.1 Å². The zero-order valence-electron chi connectivity index (χ0n) is 18.7. The summed E-state index contributed by atoms with van der Waals surface area (Å²) in [5.74, 6) is 2.54. The van der Waals surface area contributed by atoms with E-state index in [1.807, 2.05) is 0 Å². The molecule has 4 saturated carbocycles. The maximum Gasteiger partial charge on any atom is 0.416 e. The monoisotopic (exact) mass is 461 g/mol. The average Bonchev–Trinajstić information content (AvgIpc) is 2.72. The molecule has 2 atom stereocenters. The fourth-order valence-electron chi connectivity index (χ4n) is 8.38. The molecule has 1 spiro atoms. The molecule has 5 fully saturated rings. The summed E-state index contributed by atoms with van der Waals surface area (Å²) in [7, 11) is 0. The molecule has 8 heteroatoms. The Bertz CT molecular complexity index is 960. The summed E-state index contributed by atoms with van der Waals surface area (Å²) < 4.78 is 38.8. The molecule has 0 radical (unpaired) electrons. The summed E-state index contributed by atoms with van der Waals surface area (Å²) >= 11 is 0. The lowest BCUT2D eigenvalue weighted by Gasteiger charge is -2.91. The van der Waals surface area contributed by atoms with E-state index < -0.39 is 11.7 Å². The topological polar surface area (TPSA) is 52.7 Å². The number of benzene rings is 1. The molecule has 0 aromatic heterocycles. The number of carbonyl (C=O) groups is 2. The molecule has 1 N–H and O–H groups in total. The first kappa shape index (κ1) is 21.4. The Balaban J connectivity index is 0.943. The van der Waals surface area contributed by atoms with Crippen LogP contribution in [-0.2, 0) is 22.3 Å². The van der Waals surface area contributed by atoms with E-state index in [0.29, 0.717) is 50.1 Å². The fraction of sp³-hybridized carbons (Fsp3) is 0.680. The van der Waals surface area contributed by atoms with Crippen LogP contribution in [0.1, 0.15) is 43.2 Å². The molecule has 5 aliphatic rings. The van der Waals surface area contributed by atoms with Crippen LogP contribution in [0.4, 0.5) is 13.2 Å². The van der Waals surface area contributed by atoms with Crippen molar-refractivity contribution >= 4 is 11.8 Å². The largest absolute Gasteiger partial charge is 0.416 e. The number of nitrogens with zero attached hydrogens (tertiary/aromatic N) is 2. The minimum absolute atomic E-state index is 0.00959. The van der Waals surface area contributed by atoms with Crippen molar-refractivity contribution in [2.45, 2.75) is 44.8 Å². The van der Waals surface area contributed by atoms with E-state index in [1.165, 1.54) is 37.8 Å². The zero-order chi connectivity index (χ0) is 23.0. The van der Waals surface area contributed by atoms with Gasteiger partial charge in [-0.05, 0) is 65.9 Å². The Labute approximate surface area is 191 Å². The van der Waals surface area contributed by atoms with Gasteiger partial charge in [0.15, 0.2) is 0 Å². The van der Waals surface area contributed by atoms with Gasteiger partial charge in [0.2, 0.25) is 11.8 Å². The molecule has 1 saturated heterocycles. The van der Waals surface area contributed by atoms with Gasteiger partial charge >= 0.3 is 6.18 Å². The van der Waals surface area contributed by atoms with E-state index in [-0.39, 0.29) is 23.8 Å². The quantitative estimate of drug-likeness (QED) is 0.708. The van der Waals surface area contributed by atoms with Crippen molar-refractivity contribution in [2.75, 3.05) is 32.7 Å². The maximum atomic E-state index is 12.9. The van der Waals surface area contributed by atoms with Crippen LogP contribution in [0.3, 0.4) is 0 Å². The predicted molar refractivity (Wildman–Crippen MR) is 115 cm³/mol. The van der Waals surface area contributed by atoms with Crippen molar-refractivity contribution in [1.29, 1.82) is 0 Å². The number of halogens is 3. The SMILES string of the molecule is O=C(CC12CC3CC4CC(C1)C432)NCC(=O)N1CCN(Cc2cccc(C(F)(F)F)c2)CC1. The van der Waals surface area contributed by atoms with Crippen molar-refractivity contribution in [3.05, 3.63) is 35.4 Å². The van der Waals surface area contributed by atoms with Crippen molar-refractivity contribution < 1.29 is 22.8 Å². The number of hydrogen-bond donors (Lipinski definition) is 1. The highest BCUT2D eigenvalue weighted by Crippen LogP contribution is 2.93. The first-order chi connectivity index (χ1) is 15.7. The van der Waals surface area contributed by atoms with Gasteiger partial charge in [0, 0.05) is 39.1 Å². The average molecular weight is 462 g/mol. The molecule has 1 aromatic carbocycles. The second kappa shape index (κ2) is 7.20. The van der Waals surface area contributed by atoms with Crippen LogP contribution >= 0.6 is 0 Å². The first-order valence-corrected chi connectivity index (χ1v) is 12.1. The van der Waals surface area contributed by atoms with Gasteiger partial charge in [-0.3, -0.25) is 14.5 Å². The summed E-state index contributed by atoms with van der Waals surface area (Å²) in [4.78, 5) is 29.0. The summed E-state index contributed by atoms with van der Waals surface area (Å²) in [5.41, 5.74) is 0.742. The van der Waals surface area contributed by atoms with E-state index in [1.54, 1.807) is 11.0 Å². The third-order valence-corrected chi connectivity index (χ3v) is 9.68. The molecular formula is C25H30F3N3O2. The number of piperazine rings is 1. The second-order valence-corrected chi connectivity index (χ2v) is 11.0. The van der Waals surface area contributed by atoms with Crippen LogP contribution in [0.5, 0.6) is 0 Å². The van der Waals surface area contributed by atoms with Crippen LogP contribution in [0.15, 0.2) is 24.3 Å². The molecule has 4 aliphatic carbocycles. The number of alkyl halides is 3. The van der Waals surface area contributed by atoms with Crippen LogP contribution in [0.25, 0.3) is 0 Å². The normalized spacial score (nSPS) is 36.3. The molecule has 6 rings (SSSR count). The van der Waals surface area contributed by atoms with Gasteiger partial charge in [-0.2, -0.15) is 13.2 Å². The summed E-state index contributed by atoms with van der Waals surface area (Å²) in [5, 5.41) is 2.87. The first-order valence-electron chi connectivity index (χ1n) is 12.1. The summed E-state index contributed by atoms with van der Waals surface area (Å²) in [6.07, 6.45) is 1.39. The van der Waals surface area contributed by atoms with Gasteiger partial charge in [-0.15, -0.1) is 0 Å². The lowest BCUT2D eigenvalue weighted by atomic mass is 9.13. The number of hydrogen-bond acceptors (Lipinski definition) is 3. The van der Waals surface area contributed by atoms with Crippen molar-refractivity contribution in [3.8, 4) is 0 Å². The van der Waals surface area contributed by atoms with Crippen molar-refractivity contribution in [1.82, 2.24) is 15.1 Å².